The summed E-state index contributed by atoms with van der Waals surface area (Å²) in [5.41, 5.74) is 5.47. The lowest BCUT2D eigenvalue weighted by Crippen LogP contribution is -2.55. The molecule has 0 aliphatic carbocycles. The molecule has 0 rings (SSSR count). The Hall–Kier alpha value is -2.20. The lowest BCUT2D eigenvalue weighted by molar-refractivity contribution is -0.145. The Morgan fingerprint density at radius 3 is 2.00 bits per heavy atom. The highest BCUT2D eigenvalue weighted by atomic mass is 16.4. The molecule has 0 aliphatic rings. The standard InChI is InChI=1S/C12H21N3O7/c1-5(10(19)15-9(6(2)16)12(21)22)14-11(20)7(13)3-4-8(17)18/h5-7,9,16H,3-4,13H2,1-2H3,(H,14,20)(H,15,19)(H,17,18)(H,21,22). The first-order chi connectivity index (χ1) is 10.1. The first kappa shape index (κ1) is 19.8. The summed E-state index contributed by atoms with van der Waals surface area (Å²) in [5.74, 6) is -4.06. The van der Waals surface area contributed by atoms with E-state index in [0.29, 0.717) is 0 Å². The molecule has 0 radical (unpaired) electrons. The second kappa shape index (κ2) is 8.95. The summed E-state index contributed by atoms with van der Waals surface area (Å²) in [4.78, 5) is 44.6. The molecule has 0 aromatic rings. The molecule has 10 nitrogen and oxygen atoms in total. The quantitative estimate of drug-likeness (QED) is 0.273. The summed E-state index contributed by atoms with van der Waals surface area (Å²) in [6.45, 7) is 2.50. The third-order valence-electron chi connectivity index (χ3n) is 2.80. The minimum absolute atomic E-state index is 0.0963. The first-order valence-electron chi connectivity index (χ1n) is 6.55. The fourth-order valence-electron chi connectivity index (χ4n) is 1.46. The highest BCUT2D eigenvalue weighted by Crippen LogP contribution is 1.98. The van der Waals surface area contributed by atoms with E-state index >= 15 is 0 Å². The van der Waals surface area contributed by atoms with Crippen LogP contribution in [0.4, 0.5) is 0 Å². The fraction of sp³-hybridized carbons (Fsp3) is 0.667. The van der Waals surface area contributed by atoms with E-state index < -0.39 is 48.0 Å². The maximum absolute atomic E-state index is 11.8. The van der Waals surface area contributed by atoms with Gasteiger partial charge in [0.1, 0.15) is 6.04 Å². The summed E-state index contributed by atoms with van der Waals surface area (Å²) in [5, 5.41) is 30.9. The van der Waals surface area contributed by atoms with Crippen LogP contribution in [0.1, 0.15) is 26.7 Å². The summed E-state index contributed by atoms with van der Waals surface area (Å²) >= 11 is 0. The smallest absolute Gasteiger partial charge is 0.328 e. The van der Waals surface area contributed by atoms with Gasteiger partial charge >= 0.3 is 11.9 Å². The molecular formula is C12H21N3O7. The van der Waals surface area contributed by atoms with Crippen LogP contribution in [0.5, 0.6) is 0 Å². The van der Waals surface area contributed by atoms with Crippen molar-refractivity contribution in [1.82, 2.24) is 10.6 Å². The van der Waals surface area contributed by atoms with Crippen molar-refractivity contribution < 1.29 is 34.5 Å². The van der Waals surface area contributed by atoms with Gasteiger partial charge in [-0.2, -0.15) is 0 Å². The SMILES string of the molecule is CC(NC(=O)C(N)CCC(=O)O)C(=O)NC(C(=O)O)C(C)O. The molecular weight excluding hydrogens is 298 g/mol. The van der Waals surface area contributed by atoms with Crippen molar-refractivity contribution in [1.29, 1.82) is 0 Å². The summed E-state index contributed by atoms with van der Waals surface area (Å²) < 4.78 is 0. The number of nitrogens with two attached hydrogens (primary N) is 1. The molecule has 7 N–H and O–H groups in total. The number of carboxylic acid groups (broad SMARTS) is 2. The van der Waals surface area contributed by atoms with Crippen LogP contribution in [-0.2, 0) is 19.2 Å². The van der Waals surface area contributed by atoms with E-state index in [-0.39, 0.29) is 12.8 Å². The van der Waals surface area contributed by atoms with Gasteiger partial charge in [0, 0.05) is 6.42 Å². The predicted octanol–water partition coefficient (Wildman–Crippen LogP) is -2.37. The van der Waals surface area contributed by atoms with E-state index in [1.54, 1.807) is 0 Å². The molecule has 0 aliphatic heterocycles. The Bertz CT molecular complexity index is 438. The maximum atomic E-state index is 11.8. The average Bonchev–Trinajstić information content (AvgIpc) is 2.40. The molecule has 10 heteroatoms. The summed E-state index contributed by atoms with van der Waals surface area (Å²) in [6.07, 6.45) is -1.71. The summed E-state index contributed by atoms with van der Waals surface area (Å²) in [6, 6.07) is -3.70. The van der Waals surface area contributed by atoms with Crippen molar-refractivity contribution in [3.8, 4) is 0 Å². The van der Waals surface area contributed by atoms with Gasteiger partial charge in [-0.3, -0.25) is 14.4 Å². The number of hydrogen-bond acceptors (Lipinski definition) is 6. The molecule has 0 aromatic heterocycles. The van der Waals surface area contributed by atoms with E-state index in [0.717, 1.165) is 0 Å². The molecule has 0 bridgehead atoms. The van der Waals surface area contributed by atoms with Crippen LogP contribution < -0.4 is 16.4 Å². The van der Waals surface area contributed by atoms with Crippen molar-refractivity contribution >= 4 is 23.8 Å². The fourth-order valence-corrected chi connectivity index (χ4v) is 1.46. The molecule has 126 valence electrons. The number of carbonyl (C=O) groups excluding carboxylic acids is 2. The van der Waals surface area contributed by atoms with E-state index in [4.69, 9.17) is 15.9 Å². The lowest BCUT2D eigenvalue weighted by Gasteiger charge is -2.21. The van der Waals surface area contributed by atoms with Crippen LogP contribution in [0.2, 0.25) is 0 Å². The Morgan fingerprint density at radius 1 is 1.05 bits per heavy atom. The zero-order valence-corrected chi connectivity index (χ0v) is 12.3. The number of amides is 2. The zero-order chi connectivity index (χ0) is 17.4. The van der Waals surface area contributed by atoms with Crippen LogP contribution in [0.3, 0.4) is 0 Å². The number of aliphatic hydroxyl groups is 1. The highest BCUT2D eigenvalue weighted by Gasteiger charge is 2.28. The van der Waals surface area contributed by atoms with Crippen LogP contribution >= 0.6 is 0 Å². The third kappa shape index (κ3) is 6.99. The zero-order valence-electron chi connectivity index (χ0n) is 12.3. The Labute approximate surface area is 126 Å². The normalized spacial score (nSPS) is 16.0. The third-order valence-corrected chi connectivity index (χ3v) is 2.80. The van der Waals surface area contributed by atoms with Gasteiger partial charge in [0.05, 0.1) is 12.1 Å². The van der Waals surface area contributed by atoms with E-state index in [1.165, 1.54) is 13.8 Å². The average molecular weight is 319 g/mol. The molecule has 2 amide bonds. The van der Waals surface area contributed by atoms with Crippen molar-refractivity contribution in [2.75, 3.05) is 0 Å². The van der Waals surface area contributed by atoms with Gasteiger partial charge in [0.2, 0.25) is 11.8 Å². The second-order valence-electron chi connectivity index (χ2n) is 4.83. The minimum Gasteiger partial charge on any atom is -0.481 e. The molecule has 0 aromatic carbocycles. The number of rotatable bonds is 9. The molecule has 0 fully saturated rings. The number of nitrogens with one attached hydrogen (secondary N) is 2. The van der Waals surface area contributed by atoms with Crippen molar-refractivity contribution in [2.45, 2.75) is 50.9 Å². The Balaban J connectivity index is 4.48. The van der Waals surface area contributed by atoms with E-state index in [2.05, 4.69) is 10.6 Å². The van der Waals surface area contributed by atoms with Crippen LogP contribution in [0.15, 0.2) is 0 Å². The van der Waals surface area contributed by atoms with Gasteiger partial charge < -0.3 is 31.7 Å². The number of carboxylic acids is 2. The number of hydrogen-bond donors (Lipinski definition) is 6. The summed E-state index contributed by atoms with van der Waals surface area (Å²) in [7, 11) is 0. The van der Waals surface area contributed by atoms with E-state index in [1.807, 2.05) is 0 Å². The van der Waals surface area contributed by atoms with Crippen LogP contribution in [0.25, 0.3) is 0 Å². The highest BCUT2D eigenvalue weighted by molar-refractivity contribution is 5.91. The second-order valence-corrected chi connectivity index (χ2v) is 4.83. The van der Waals surface area contributed by atoms with E-state index in [9.17, 15) is 24.3 Å². The topological polar surface area (TPSA) is 179 Å². The number of aliphatic carboxylic acids is 2. The molecule has 0 heterocycles. The van der Waals surface area contributed by atoms with Gasteiger partial charge in [-0.15, -0.1) is 0 Å². The largest absolute Gasteiger partial charge is 0.481 e. The molecule has 0 saturated heterocycles. The van der Waals surface area contributed by atoms with Gasteiger partial charge in [-0.1, -0.05) is 0 Å². The van der Waals surface area contributed by atoms with Gasteiger partial charge in [-0.25, -0.2) is 4.79 Å². The van der Waals surface area contributed by atoms with Crippen molar-refractivity contribution in [3.63, 3.8) is 0 Å². The first-order valence-corrected chi connectivity index (χ1v) is 6.55. The molecule has 0 saturated carbocycles. The minimum atomic E-state index is -1.51. The van der Waals surface area contributed by atoms with Crippen LogP contribution in [0, 0.1) is 0 Å². The van der Waals surface area contributed by atoms with Gasteiger partial charge in [0.25, 0.3) is 0 Å². The molecule has 0 spiro atoms. The van der Waals surface area contributed by atoms with Gasteiger partial charge in [-0.05, 0) is 20.3 Å². The van der Waals surface area contributed by atoms with Crippen LogP contribution in [-0.4, -0.2) is 63.3 Å². The predicted molar refractivity (Wildman–Crippen MR) is 73.7 cm³/mol. The van der Waals surface area contributed by atoms with Crippen molar-refractivity contribution in [2.24, 2.45) is 5.73 Å². The number of carbonyl (C=O) groups is 4. The van der Waals surface area contributed by atoms with Gasteiger partial charge in [0.15, 0.2) is 6.04 Å². The number of aliphatic hydroxyl groups excluding tert-OH is 1. The Morgan fingerprint density at radius 2 is 1.59 bits per heavy atom. The molecule has 22 heavy (non-hydrogen) atoms. The lowest BCUT2D eigenvalue weighted by atomic mass is 10.1. The molecule has 4 unspecified atom stereocenters. The van der Waals surface area contributed by atoms with Crippen molar-refractivity contribution in [3.05, 3.63) is 0 Å². The molecule has 4 atom stereocenters. The monoisotopic (exact) mass is 319 g/mol. The Kier molecular flexibility index (Phi) is 8.05. The maximum Gasteiger partial charge on any atom is 0.328 e.